The van der Waals surface area contributed by atoms with Gasteiger partial charge in [0.05, 0.1) is 0 Å². The molecule has 1 unspecified atom stereocenters. The standard InChI is InChI=1S/C22H36N4O.HI/c1-5-12-22(3)13-8-15-26(17-22)21(24-6-2)25-14-11-18-9-7-10-19(16-18)20(27)23-4;/h7,9-10,16H,5-6,8,11-15,17H2,1-4H3,(H,23,27)(H,24,25);1H. The van der Waals surface area contributed by atoms with Crippen LogP contribution in [0.1, 0.15) is 62.4 Å². The predicted molar refractivity (Wildman–Crippen MR) is 129 cm³/mol. The molecule has 1 atom stereocenters. The second-order valence-electron chi connectivity index (χ2n) is 7.85. The molecule has 1 aliphatic rings. The highest BCUT2D eigenvalue weighted by atomic mass is 127. The van der Waals surface area contributed by atoms with Gasteiger partial charge in [-0.15, -0.1) is 24.0 Å². The van der Waals surface area contributed by atoms with E-state index in [4.69, 9.17) is 4.99 Å². The number of piperidine rings is 1. The molecule has 1 fully saturated rings. The number of likely N-dealkylation sites (tertiary alicyclic amines) is 1. The normalized spacial score (nSPS) is 19.7. The first-order chi connectivity index (χ1) is 13.0. The minimum absolute atomic E-state index is 0. The van der Waals surface area contributed by atoms with Crippen LogP contribution in [0.3, 0.4) is 0 Å². The SMILES string of the molecule is CCCC1(C)CCCN(C(=NCCc2cccc(C(=O)NC)c2)NCC)C1.I. The molecule has 0 saturated carbocycles. The third-order valence-electron chi connectivity index (χ3n) is 5.35. The molecule has 0 radical (unpaired) electrons. The Bertz CT molecular complexity index is 645. The van der Waals surface area contributed by atoms with Gasteiger partial charge in [-0.25, -0.2) is 0 Å². The largest absolute Gasteiger partial charge is 0.357 e. The van der Waals surface area contributed by atoms with Crippen LogP contribution in [-0.4, -0.2) is 50.0 Å². The summed E-state index contributed by atoms with van der Waals surface area (Å²) in [4.78, 5) is 19.1. The van der Waals surface area contributed by atoms with E-state index in [1.165, 1.54) is 25.7 Å². The van der Waals surface area contributed by atoms with Crippen LogP contribution < -0.4 is 10.6 Å². The maximum atomic E-state index is 11.8. The number of guanidine groups is 1. The Morgan fingerprint density at radius 1 is 1.32 bits per heavy atom. The maximum absolute atomic E-state index is 11.8. The summed E-state index contributed by atoms with van der Waals surface area (Å²) in [5, 5.41) is 6.15. The number of halogens is 1. The average molecular weight is 500 g/mol. The smallest absolute Gasteiger partial charge is 0.251 e. The molecule has 1 aromatic rings. The van der Waals surface area contributed by atoms with Crippen LogP contribution in [0.4, 0.5) is 0 Å². The van der Waals surface area contributed by atoms with E-state index in [1.807, 2.05) is 18.2 Å². The fourth-order valence-electron chi connectivity index (χ4n) is 4.03. The number of nitrogens with one attached hydrogen (secondary N) is 2. The van der Waals surface area contributed by atoms with Crippen molar-refractivity contribution in [2.75, 3.05) is 33.2 Å². The number of nitrogens with zero attached hydrogens (tertiary/aromatic N) is 2. The van der Waals surface area contributed by atoms with Crippen molar-refractivity contribution in [2.24, 2.45) is 10.4 Å². The van der Waals surface area contributed by atoms with E-state index in [-0.39, 0.29) is 29.9 Å². The number of benzene rings is 1. The minimum atomic E-state index is -0.0442. The van der Waals surface area contributed by atoms with E-state index in [2.05, 4.69) is 42.4 Å². The Hall–Kier alpha value is -1.31. The van der Waals surface area contributed by atoms with Crippen LogP contribution in [0.2, 0.25) is 0 Å². The molecule has 1 heterocycles. The molecule has 1 aliphatic heterocycles. The second-order valence-corrected chi connectivity index (χ2v) is 7.85. The highest BCUT2D eigenvalue weighted by Crippen LogP contribution is 2.33. The summed E-state index contributed by atoms with van der Waals surface area (Å²) in [5.74, 6) is 0.985. The Morgan fingerprint density at radius 3 is 2.79 bits per heavy atom. The van der Waals surface area contributed by atoms with Gasteiger partial charge in [0.25, 0.3) is 5.91 Å². The van der Waals surface area contributed by atoms with E-state index in [0.29, 0.717) is 11.0 Å². The molecule has 1 saturated heterocycles. The first-order valence-electron chi connectivity index (χ1n) is 10.4. The highest BCUT2D eigenvalue weighted by Gasteiger charge is 2.31. The van der Waals surface area contributed by atoms with Gasteiger partial charge in [-0.1, -0.05) is 32.4 Å². The molecule has 6 heteroatoms. The molecular formula is C22H37IN4O. The first kappa shape index (κ1) is 24.7. The summed E-state index contributed by atoms with van der Waals surface area (Å²) in [6, 6.07) is 7.81. The molecule has 28 heavy (non-hydrogen) atoms. The van der Waals surface area contributed by atoms with Gasteiger partial charge in [-0.3, -0.25) is 9.79 Å². The van der Waals surface area contributed by atoms with Gasteiger partial charge in [-0.2, -0.15) is 0 Å². The third kappa shape index (κ3) is 7.26. The molecule has 2 rings (SSSR count). The zero-order chi connectivity index (χ0) is 19.7. The predicted octanol–water partition coefficient (Wildman–Crippen LogP) is 4.07. The number of carbonyl (C=O) groups excluding carboxylic acids is 1. The Kier molecular flexibility index (Phi) is 10.9. The summed E-state index contributed by atoms with van der Waals surface area (Å²) >= 11 is 0. The van der Waals surface area contributed by atoms with Crippen molar-refractivity contribution < 1.29 is 4.79 Å². The minimum Gasteiger partial charge on any atom is -0.357 e. The van der Waals surface area contributed by atoms with Crippen molar-refractivity contribution in [3.05, 3.63) is 35.4 Å². The molecule has 1 amide bonds. The van der Waals surface area contributed by atoms with Crippen molar-refractivity contribution in [3.8, 4) is 0 Å². The van der Waals surface area contributed by atoms with Crippen molar-refractivity contribution in [3.63, 3.8) is 0 Å². The summed E-state index contributed by atoms with van der Waals surface area (Å²) in [6.45, 7) is 10.6. The summed E-state index contributed by atoms with van der Waals surface area (Å²) in [5.41, 5.74) is 2.24. The van der Waals surface area contributed by atoms with Gasteiger partial charge in [0, 0.05) is 38.8 Å². The van der Waals surface area contributed by atoms with Crippen LogP contribution >= 0.6 is 24.0 Å². The van der Waals surface area contributed by atoms with Gasteiger partial charge in [-0.05, 0) is 55.7 Å². The quantitative estimate of drug-likeness (QED) is 0.337. The molecule has 2 N–H and O–H groups in total. The fourth-order valence-corrected chi connectivity index (χ4v) is 4.03. The van der Waals surface area contributed by atoms with E-state index >= 15 is 0 Å². The van der Waals surface area contributed by atoms with E-state index < -0.39 is 0 Å². The first-order valence-corrected chi connectivity index (χ1v) is 10.4. The molecule has 0 aromatic heterocycles. The highest BCUT2D eigenvalue weighted by molar-refractivity contribution is 14.0. The number of amides is 1. The molecule has 1 aromatic carbocycles. The van der Waals surface area contributed by atoms with E-state index in [9.17, 15) is 4.79 Å². The van der Waals surface area contributed by atoms with Gasteiger partial charge in [0.15, 0.2) is 5.96 Å². The lowest BCUT2D eigenvalue weighted by Gasteiger charge is -2.42. The zero-order valence-electron chi connectivity index (χ0n) is 17.9. The number of rotatable bonds is 7. The topological polar surface area (TPSA) is 56.7 Å². The van der Waals surface area contributed by atoms with Gasteiger partial charge in [0.1, 0.15) is 0 Å². The number of carbonyl (C=O) groups is 1. The summed E-state index contributed by atoms with van der Waals surface area (Å²) in [7, 11) is 1.66. The van der Waals surface area contributed by atoms with Crippen molar-refractivity contribution in [1.29, 1.82) is 0 Å². The molecule has 0 aliphatic carbocycles. The number of hydrogen-bond donors (Lipinski definition) is 2. The Labute approximate surface area is 187 Å². The number of hydrogen-bond acceptors (Lipinski definition) is 2. The summed E-state index contributed by atoms with van der Waals surface area (Å²) < 4.78 is 0. The molecule has 0 spiro atoms. The van der Waals surface area contributed by atoms with E-state index in [0.717, 1.165) is 44.1 Å². The average Bonchev–Trinajstić information content (AvgIpc) is 2.67. The second kappa shape index (κ2) is 12.3. The third-order valence-corrected chi connectivity index (χ3v) is 5.35. The lowest BCUT2D eigenvalue weighted by molar-refractivity contribution is 0.0963. The number of aliphatic imine (C=N–C) groups is 1. The zero-order valence-corrected chi connectivity index (χ0v) is 20.2. The lowest BCUT2D eigenvalue weighted by Crippen LogP contribution is -2.49. The van der Waals surface area contributed by atoms with Crippen LogP contribution in [0.5, 0.6) is 0 Å². The van der Waals surface area contributed by atoms with Gasteiger partial charge in [0.2, 0.25) is 0 Å². The van der Waals surface area contributed by atoms with Gasteiger partial charge >= 0.3 is 0 Å². The van der Waals surface area contributed by atoms with Crippen LogP contribution in [0, 0.1) is 5.41 Å². The molecule has 158 valence electrons. The van der Waals surface area contributed by atoms with Gasteiger partial charge < -0.3 is 15.5 Å². The molecule has 5 nitrogen and oxygen atoms in total. The van der Waals surface area contributed by atoms with Crippen molar-refractivity contribution in [2.45, 2.75) is 52.9 Å². The van der Waals surface area contributed by atoms with E-state index in [1.54, 1.807) is 7.05 Å². The van der Waals surface area contributed by atoms with Crippen LogP contribution in [-0.2, 0) is 6.42 Å². The Balaban J connectivity index is 0.00000392. The lowest BCUT2D eigenvalue weighted by atomic mass is 9.78. The van der Waals surface area contributed by atoms with Crippen LogP contribution in [0.25, 0.3) is 0 Å². The van der Waals surface area contributed by atoms with Crippen molar-refractivity contribution >= 4 is 35.8 Å². The van der Waals surface area contributed by atoms with Crippen molar-refractivity contribution in [1.82, 2.24) is 15.5 Å². The fraction of sp³-hybridized carbons (Fsp3) is 0.636. The Morgan fingerprint density at radius 2 is 2.11 bits per heavy atom. The van der Waals surface area contributed by atoms with Crippen LogP contribution in [0.15, 0.2) is 29.3 Å². The summed E-state index contributed by atoms with van der Waals surface area (Å²) in [6.07, 6.45) is 5.88. The maximum Gasteiger partial charge on any atom is 0.251 e. The molecule has 0 bridgehead atoms. The molecular weight excluding hydrogens is 463 g/mol. The monoisotopic (exact) mass is 500 g/mol.